The minimum atomic E-state index is -1.14. The van der Waals surface area contributed by atoms with Crippen LogP contribution in [0.4, 0.5) is 5.82 Å². The average Bonchev–Trinajstić information content (AvgIpc) is 3.42. The van der Waals surface area contributed by atoms with E-state index in [1.807, 2.05) is 49.4 Å². The van der Waals surface area contributed by atoms with E-state index in [0.717, 1.165) is 17.1 Å². The van der Waals surface area contributed by atoms with Gasteiger partial charge < -0.3 is 29.3 Å². The van der Waals surface area contributed by atoms with Gasteiger partial charge in [-0.25, -0.2) is 9.97 Å². The molecule has 1 aromatic carbocycles. The fraction of sp³-hybridized carbons (Fsp3) is 0.414. The predicted octanol–water partition coefficient (Wildman–Crippen LogP) is 2.19. The van der Waals surface area contributed by atoms with Crippen molar-refractivity contribution in [3.63, 3.8) is 0 Å². The maximum Gasteiger partial charge on any atom is 0.275 e. The minimum absolute atomic E-state index is 0.137. The van der Waals surface area contributed by atoms with Gasteiger partial charge in [-0.1, -0.05) is 25.1 Å². The highest BCUT2D eigenvalue weighted by molar-refractivity contribution is 6.07. The van der Waals surface area contributed by atoms with Crippen LogP contribution in [0.25, 0.3) is 0 Å². The monoisotopic (exact) mass is 545 g/mol. The number of carbonyl (C=O) groups is 3. The number of anilines is 1. The number of imidazole rings is 1. The molecule has 2 aliphatic heterocycles. The summed E-state index contributed by atoms with van der Waals surface area (Å²) in [6, 6.07) is 13.2. The van der Waals surface area contributed by atoms with Crippen molar-refractivity contribution >= 4 is 23.5 Å². The smallest absolute Gasteiger partial charge is 0.275 e. The molecule has 0 bridgehead atoms. The third-order valence-corrected chi connectivity index (χ3v) is 7.65. The largest absolute Gasteiger partial charge is 0.497 e. The van der Waals surface area contributed by atoms with E-state index < -0.39 is 5.54 Å². The molecule has 0 aliphatic carbocycles. The number of benzene rings is 1. The topological polar surface area (TPSA) is 113 Å². The van der Waals surface area contributed by atoms with Gasteiger partial charge >= 0.3 is 0 Å². The van der Waals surface area contributed by atoms with Gasteiger partial charge in [0.25, 0.3) is 11.8 Å². The summed E-state index contributed by atoms with van der Waals surface area (Å²) in [4.78, 5) is 55.2. The lowest BCUT2D eigenvalue weighted by atomic mass is 9.93. The lowest BCUT2D eigenvalue weighted by Crippen LogP contribution is -2.64. The Labute approximate surface area is 233 Å². The number of carbonyl (C=O) groups excluding carboxylic acids is 3. The van der Waals surface area contributed by atoms with Gasteiger partial charge in [-0.2, -0.15) is 0 Å². The molecule has 210 valence electrons. The van der Waals surface area contributed by atoms with E-state index in [-0.39, 0.29) is 35.7 Å². The molecule has 3 amide bonds. The lowest BCUT2D eigenvalue weighted by molar-refractivity contribution is -0.133. The summed E-state index contributed by atoms with van der Waals surface area (Å²) in [5.41, 5.74) is 0.160. The summed E-state index contributed by atoms with van der Waals surface area (Å²) in [6.45, 7) is 6.91. The molecule has 5 rings (SSSR count). The molecule has 3 aromatic rings. The van der Waals surface area contributed by atoms with Crippen molar-refractivity contribution in [1.29, 1.82) is 0 Å². The second kappa shape index (κ2) is 11.4. The molecule has 1 atom stereocenters. The molecule has 2 aliphatic rings. The Hall–Kier alpha value is -4.41. The first-order valence-electron chi connectivity index (χ1n) is 13.6. The van der Waals surface area contributed by atoms with Crippen molar-refractivity contribution in [2.45, 2.75) is 38.9 Å². The molecule has 0 saturated carbocycles. The number of rotatable bonds is 8. The summed E-state index contributed by atoms with van der Waals surface area (Å²) in [5.74, 6) is 0.726. The van der Waals surface area contributed by atoms with E-state index in [2.05, 4.69) is 20.2 Å². The van der Waals surface area contributed by atoms with Crippen LogP contribution >= 0.6 is 0 Å². The molecule has 11 nitrogen and oxygen atoms in total. The highest BCUT2D eigenvalue weighted by Crippen LogP contribution is 2.30. The third-order valence-electron chi connectivity index (χ3n) is 7.65. The number of aromatic nitrogens is 3. The zero-order valence-corrected chi connectivity index (χ0v) is 23.2. The van der Waals surface area contributed by atoms with Crippen LogP contribution in [0.2, 0.25) is 0 Å². The first-order valence-corrected chi connectivity index (χ1v) is 13.6. The maximum atomic E-state index is 13.9. The van der Waals surface area contributed by atoms with Crippen LogP contribution < -0.4 is 15.0 Å². The van der Waals surface area contributed by atoms with E-state index in [9.17, 15) is 14.4 Å². The van der Waals surface area contributed by atoms with Crippen molar-refractivity contribution in [2.75, 3.05) is 44.7 Å². The van der Waals surface area contributed by atoms with Gasteiger partial charge in [0.15, 0.2) is 5.69 Å². The Balaban J connectivity index is 1.31. The second-order valence-corrected chi connectivity index (χ2v) is 10.3. The van der Waals surface area contributed by atoms with Crippen molar-refractivity contribution in [3.8, 4) is 5.75 Å². The number of fused-ring (bicyclic) bond motifs is 1. The molecule has 40 heavy (non-hydrogen) atoms. The molecule has 1 fully saturated rings. The van der Waals surface area contributed by atoms with Crippen molar-refractivity contribution in [2.24, 2.45) is 0 Å². The average molecular weight is 546 g/mol. The number of hydrogen-bond acceptors (Lipinski definition) is 7. The fourth-order valence-electron chi connectivity index (χ4n) is 5.36. The van der Waals surface area contributed by atoms with E-state index in [1.54, 1.807) is 34.6 Å². The highest BCUT2D eigenvalue weighted by Gasteiger charge is 2.48. The molecule has 2 aromatic heterocycles. The third kappa shape index (κ3) is 5.11. The van der Waals surface area contributed by atoms with Gasteiger partial charge in [0, 0.05) is 45.5 Å². The van der Waals surface area contributed by atoms with Gasteiger partial charge in [-0.3, -0.25) is 14.4 Å². The summed E-state index contributed by atoms with van der Waals surface area (Å²) in [5, 5.41) is 2.99. The Bertz CT molecular complexity index is 1370. The first kappa shape index (κ1) is 27.2. The molecule has 11 heteroatoms. The van der Waals surface area contributed by atoms with Crippen LogP contribution in [-0.2, 0) is 17.9 Å². The van der Waals surface area contributed by atoms with Crippen LogP contribution in [0.3, 0.4) is 0 Å². The SMILES string of the molecule is CCCN1C(=O)c2c(C(=O)N3CCN(c4ccccn4)CC3)ncn2CC1(C)C(=O)NCc1ccc(OC)cc1. The van der Waals surface area contributed by atoms with E-state index in [0.29, 0.717) is 45.7 Å². The van der Waals surface area contributed by atoms with Crippen LogP contribution in [0, 0.1) is 0 Å². The Morgan fingerprint density at radius 2 is 1.80 bits per heavy atom. The van der Waals surface area contributed by atoms with Crippen molar-refractivity contribution in [3.05, 3.63) is 71.9 Å². The molecule has 1 saturated heterocycles. The summed E-state index contributed by atoms with van der Waals surface area (Å²) in [7, 11) is 1.60. The molecular formula is C29H35N7O4. The molecule has 4 heterocycles. The Morgan fingerprint density at radius 3 is 2.45 bits per heavy atom. The van der Waals surface area contributed by atoms with Gasteiger partial charge in [0.1, 0.15) is 22.8 Å². The number of piperazine rings is 1. The number of ether oxygens (including phenoxy) is 1. The van der Waals surface area contributed by atoms with E-state index in [1.165, 1.54) is 6.33 Å². The predicted molar refractivity (Wildman–Crippen MR) is 149 cm³/mol. The van der Waals surface area contributed by atoms with Crippen molar-refractivity contribution < 1.29 is 19.1 Å². The fourth-order valence-corrected chi connectivity index (χ4v) is 5.36. The zero-order chi connectivity index (χ0) is 28.3. The number of nitrogens with one attached hydrogen (secondary N) is 1. The molecular weight excluding hydrogens is 510 g/mol. The Kier molecular flexibility index (Phi) is 7.72. The van der Waals surface area contributed by atoms with Crippen LogP contribution in [0.5, 0.6) is 5.75 Å². The molecule has 1 unspecified atom stereocenters. The van der Waals surface area contributed by atoms with Gasteiger partial charge in [-0.15, -0.1) is 0 Å². The van der Waals surface area contributed by atoms with Gasteiger partial charge in [-0.05, 0) is 43.2 Å². The number of methoxy groups -OCH3 is 1. The second-order valence-electron chi connectivity index (χ2n) is 10.3. The maximum absolute atomic E-state index is 13.9. The number of hydrogen-bond donors (Lipinski definition) is 1. The number of nitrogens with zero attached hydrogens (tertiary/aromatic N) is 6. The highest BCUT2D eigenvalue weighted by atomic mass is 16.5. The van der Waals surface area contributed by atoms with Crippen LogP contribution in [0.1, 0.15) is 46.8 Å². The van der Waals surface area contributed by atoms with Crippen LogP contribution in [-0.4, -0.2) is 87.4 Å². The van der Waals surface area contributed by atoms with Crippen LogP contribution in [0.15, 0.2) is 55.0 Å². The molecule has 0 spiro atoms. The minimum Gasteiger partial charge on any atom is -0.497 e. The first-order chi connectivity index (χ1) is 19.4. The summed E-state index contributed by atoms with van der Waals surface area (Å²) < 4.78 is 6.85. The van der Waals surface area contributed by atoms with E-state index >= 15 is 0 Å². The number of pyridine rings is 1. The number of amides is 3. The molecule has 0 radical (unpaired) electrons. The summed E-state index contributed by atoms with van der Waals surface area (Å²) in [6.07, 6.45) is 3.92. The standard InChI is InChI=1S/C29H35N7O4/c1-4-13-36-27(38)25-24(26(37)34-16-14-33(15-17-34)23-7-5-6-12-30-23)32-20-35(25)19-29(36,2)28(39)31-18-21-8-10-22(40-3)11-9-21/h5-12,20H,4,13-19H2,1-3H3,(H,31,39). The zero-order valence-electron chi connectivity index (χ0n) is 23.2. The summed E-state index contributed by atoms with van der Waals surface area (Å²) >= 11 is 0. The normalized spacial score (nSPS) is 18.9. The quantitative estimate of drug-likeness (QED) is 0.462. The van der Waals surface area contributed by atoms with Gasteiger partial charge in [0.05, 0.1) is 20.0 Å². The lowest BCUT2D eigenvalue weighted by Gasteiger charge is -2.43. The van der Waals surface area contributed by atoms with Crippen molar-refractivity contribution in [1.82, 2.24) is 29.7 Å². The molecule has 1 N–H and O–H groups in total. The Morgan fingerprint density at radius 1 is 1.05 bits per heavy atom. The van der Waals surface area contributed by atoms with Gasteiger partial charge in [0.2, 0.25) is 5.91 Å². The van der Waals surface area contributed by atoms with E-state index in [4.69, 9.17) is 4.74 Å².